The van der Waals surface area contributed by atoms with Gasteiger partial charge in [0.05, 0.1) is 19.5 Å². The lowest BCUT2D eigenvalue weighted by atomic mass is 10.2. The molecule has 2 rings (SSSR count). The van der Waals surface area contributed by atoms with E-state index in [2.05, 4.69) is 10.2 Å². The van der Waals surface area contributed by atoms with Crippen molar-refractivity contribution in [1.82, 2.24) is 0 Å². The van der Waals surface area contributed by atoms with E-state index in [1.54, 1.807) is 31.7 Å². The summed E-state index contributed by atoms with van der Waals surface area (Å²) in [5, 5.41) is 7.82. The predicted molar refractivity (Wildman–Crippen MR) is 74.6 cm³/mol. The highest BCUT2D eigenvalue weighted by Crippen LogP contribution is 2.09. The molecule has 3 nitrogen and oxygen atoms in total. The zero-order valence-electron chi connectivity index (χ0n) is 10.5. The topological polar surface area (TPSA) is 34.0 Å². The minimum absolute atomic E-state index is 0.265. The van der Waals surface area contributed by atoms with Crippen LogP contribution in [-0.4, -0.2) is 19.5 Å². The average Bonchev–Trinajstić information content (AvgIpc) is 2.46. The van der Waals surface area contributed by atoms with Crippen LogP contribution in [0.25, 0.3) is 0 Å². The third-order valence-corrected chi connectivity index (χ3v) is 2.47. The Bertz CT molecular complexity index is 574. The first-order valence-electron chi connectivity index (χ1n) is 5.74. The van der Waals surface area contributed by atoms with E-state index in [0.29, 0.717) is 0 Å². The summed E-state index contributed by atoms with van der Waals surface area (Å²) in [5.41, 5.74) is 1.73. The largest absolute Gasteiger partial charge is 0.497 e. The lowest BCUT2D eigenvalue weighted by Crippen LogP contribution is -1.84. The van der Waals surface area contributed by atoms with Gasteiger partial charge in [0.1, 0.15) is 11.6 Å². The minimum atomic E-state index is -0.265. The normalized spacial score (nSPS) is 11.3. The second kappa shape index (κ2) is 6.44. The molecule has 2 aromatic carbocycles. The molecule has 0 radical (unpaired) electrons. The smallest absolute Gasteiger partial charge is 0.123 e. The maximum Gasteiger partial charge on any atom is 0.123 e. The quantitative estimate of drug-likeness (QED) is 0.610. The Morgan fingerprint density at radius 2 is 1.32 bits per heavy atom. The number of ether oxygens (including phenoxy) is 1. The van der Waals surface area contributed by atoms with E-state index in [1.165, 1.54) is 12.1 Å². The highest BCUT2D eigenvalue weighted by atomic mass is 19.1. The van der Waals surface area contributed by atoms with Gasteiger partial charge in [0.2, 0.25) is 0 Å². The SMILES string of the molecule is COc1ccc(/C=N/N=C/c2ccc(F)cc2)cc1. The van der Waals surface area contributed by atoms with E-state index in [1.807, 2.05) is 24.3 Å². The van der Waals surface area contributed by atoms with Gasteiger partial charge in [-0.05, 0) is 47.5 Å². The maximum atomic E-state index is 12.7. The van der Waals surface area contributed by atoms with Crippen molar-refractivity contribution in [2.45, 2.75) is 0 Å². The van der Waals surface area contributed by atoms with Crippen LogP contribution in [-0.2, 0) is 0 Å². The van der Waals surface area contributed by atoms with Crippen molar-refractivity contribution in [3.05, 3.63) is 65.5 Å². The zero-order valence-corrected chi connectivity index (χ0v) is 10.5. The molecule has 0 aliphatic rings. The van der Waals surface area contributed by atoms with E-state index in [9.17, 15) is 4.39 Å². The fourth-order valence-corrected chi connectivity index (χ4v) is 1.44. The molecule has 0 saturated carbocycles. The average molecular weight is 256 g/mol. The van der Waals surface area contributed by atoms with Crippen molar-refractivity contribution in [3.8, 4) is 5.75 Å². The summed E-state index contributed by atoms with van der Waals surface area (Å²) in [6, 6.07) is 13.5. The number of hydrogen-bond acceptors (Lipinski definition) is 3. The first kappa shape index (κ1) is 13.0. The summed E-state index contributed by atoms with van der Waals surface area (Å²) in [4.78, 5) is 0. The minimum Gasteiger partial charge on any atom is -0.497 e. The van der Waals surface area contributed by atoms with Crippen molar-refractivity contribution in [2.24, 2.45) is 10.2 Å². The summed E-state index contributed by atoms with van der Waals surface area (Å²) < 4.78 is 17.7. The molecule has 0 spiro atoms. The second-order valence-electron chi connectivity index (χ2n) is 3.81. The van der Waals surface area contributed by atoms with Gasteiger partial charge in [-0.2, -0.15) is 10.2 Å². The molecule has 0 unspecified atom stereocenters. The Morgan fingerprint density at radius 3 is 1.79 bits per heavy atom. The Hall–Kier alpha value is -2.49. The summed E-state index contributed by atoms with van der Waals surface area (Å²) in [6.45, 7) is 0. The monoisotopic (exact) mass is 256 g/mol. The predicted octanol–water partition coefficient (Wildman–Crippen LogP) is 3.29. The van der Waals surface area contributed by atoms with Gasteiger partial charge in [-0.25, -0.2) is 4.39 Å². The molecule has 0 heterocycles. The molecule has 0 aliphatic carbocycles. The fourth-order valence-electron chi connectivity index (χ4n) is 1.44. The van der Waals surface area contributed by atoms with Gasteiger partial charge in [0, 0.05) is 0 Å². The van der Waals surface area contributed by atoms with Gasteiger partial charge in [-0.3, -0.25) is 0 Å². The molecule has 2 aromatic rings. The molecule has 0 fully saturated rings. The van der Waals surface area contributed by atoms with E-state index in [0.717, 1.165) is 16.9 Å². The molecule has 96 valence electrons. The van der Waals surface area contributed by atoms with Crippen molar-refractivity contribution < 1.29 is 9.13 Å². The van der Waals surface area contributed by atoms with Crippen LogP contribution >= 0.6 is 0 Å². The van der Waals surface area contributed by atoms with Gasteiger partial charge < -0.3 is 4.74 Å². The first-order chi connectivity index (χ1) is 9.28. The van der Waals surface area contributed by atoms with E-state index < -0.39 is 0 Å². The van der Waals surface area contributed by atoms with Gasteiger partial charge in [0.25, 0.3) is 0 Å². The molecular weight excluding hydrogens is 243 g/mol. The van der Waals surface area contributed by atoms with Crippen LogP contribution in [0.5, 0.6) is 5.75 Å². The standard InChI is InChI=1S/C15H13FN2O/c1-19-15-8-4-13(5-9-15)11-18-17-10-12-2-6-14(16)7-3-12/h2-11H,1H3/b17-10+,18-11+. The summed E-state index contributed by atoms with van der Waals surface area (Å²) in [5.74, 6) is 0.533. The molecule has 0 saturated heterocycles. The van der Waals surface area contributed by atoms with Crippen LogP contribution in [0.1, 0.15) is 11.1 Å². The van der Waals surface area contributed by atoms with Crippen LogP contribution in [0.2, 0.25) is 0 Å². The van der Waals surface area contributed by atoms with E-state index >= 15 is 0 Å². The number of rotatable bonds is 4. The van der Waals surface area contributed by atoms with E-state index in [-0.39, 0.29) is 5.82 Å². The lowest BCUT2D eigenvalue weighted by molar-refractivity contribution is 0.415. The number of hydrogen-bond donors (Lipinski definition) is 0. The highest BCUT2D eigenvalue weighted by molar-refractivity contribution is 5.82. The third-order valence-electron chi connectivity index (χ3n) is 2.47. The summed E-state index contributed by atoms with van der Waals surface area (Å²) in [6.07, 6.45) is 3.21. The van der Waals surface area contributed by atoms with Crippen LogP contribution in [0.4, 0.5) is 4.39 Å². The molecule has 0 aromatic heterocycles. The Labute approximate surface area is 111 Å². The van der Waals surface area contributed by atoms with Crippen molar-refractivity contribution in [2.75, 3.05) is 7.11 Å². The highest BCUT2D eigenvalue weighted by Gasteiger charge is 1.90. The van der Waals surface area contributed by atoms with Crippen molar-refractivity contribution in [1.29, 1.82) is 0 Å². The van der Waals surface area contributed by atoms with E-state index in [4.69, 9.17) is 4.74 Å². The molecular formula is C15H13FN2O. The number of halogens is 1. The van der Waals surface area contributed by atoms with Gasteiger partial charge in [0.15, 0.2) is 0 Å². The molecule has 0 N–H and O–H groups in total. The molecule has 0 aliphatic heterocycles. The zero-order chi connectivity index (χ0) is 13.5. The van der Waals surface area contributed by atoms with Crippen LogP contribution < -0.4 is 4.74 Å². The summed E-state index contributed by atoms with van der Waals surface area (Å²) in [7, 11) is 1.62. The fraction of sp³-hybridized carbons (Fsp3) is 0.0667. The molecule has 0 atom stereocenters. The Morgan fingerprint density at radius 1 is 0.842 bits per heavy atom. The van der Waals surface area contributed by atoms with Crippen molar-refractivity contribution >= 4 is 12.4 Å². The number of nitrogens with zero attached hydrogens (tertiary/aromatic N) is 2. The van der Waals surface area contributed by atoms with Gasteiger partial charge in [-0.15, -0.1) is 0 Å². The third kappa shape index (κ3) is 4.03. The lowest BCUT2D eigenvalue weighted by Gasteiger charge is -1.97. The second-order valence-corrected chi connectivity index (χ2v) is 3.81. The van der Waals surface area contributed by atoms with Gasteiger partial charge >= 0.3 is 0 Å². The van der Waals surface area contributed by atoms with Crippen LogP contribution in [0.3, 0.4) is 0 Å². The van der Waals surface area contributed by atoms with Gasteiger partial charge in [-0.1, -0.05) is 12.1 Å². The molecule has 19 heavy (non-hydrogen) atoms. The molecule has 4 heteroatoms. The number of benzene rings is 2. The van der Waals surface area contributed by atoms with Crippen LogP contribution in [0, 0.1) is 5.82 Å². The number of methoxy groups -OCH3 is 1. The molecule has 0 bridgehead atoms. The first-order valence-corrected chi connectivity index (χ1v) is 5.74. The summed E-state index contributed by atoms with van der Waals surface area (Å²) >= 11 is 0. The Balaban J connectivity index is 1.96. The Kier molecular flexibility index (Phi) is 4.39. The maximum absolute atomic E-state index is 12.7. The van der Waals surface area contributed by atoms with Crippen molar-refractivity contribution in [3.63, 3.8) is 0 Å². The van der Waals surface area contributed by atoms with Crippen LogP contribution in [0.15, 0.2) is 58.7 Å². The molecule has 0 amide bonds.